The number of carbonyl (C=O) groups is 2. The highest BCUT2D eigenvalue weighted by Gasteiger charge is 2.22. The van der Waals surface area contributed by atoms with Gasteiger partial charge < -0.3 is 14.6 Å². The molecular formula is C13H15IN2O4. The Morgan fingerprint density at radius 3 is 2.80 bits per heavy atom. The van der Waals surface area contributed by atoms with E-state index in [9.17, 15) is 9.59 Å². The summed E-state index contributed by atoms with van der Waals surface area (Å²) in [6.07, 6.45) is 1.17. The molecule has 0 atom stereocenters. The van der Waals surface area contributed by atoms with Crippen molar-refractivity contribution < 1.29 is 18.8 Å². The van der Waals surface area contributed by atoms with E-state index in [1.54, 1.807) is 0 Å². The molecule has 0 radical (unpaired) electrons. The van der Waals surface area contributed by atoms with Gasteiger partial charge in [0.1, 0.15) is 5.56 Å². The van der Waals surface area contributed by atoms with Crippen LogP contribution >= 0.6 is 22.6 Å². The number of halogens is 1. The fourth-order valence-corrected chi connectivity index (χ4v) is 1.53. The van der Waals surface area contributed by atoms with Crippen molar-refractivity contribution in [3.05, 3.63) is 17.5 Å². The number of aromatic nitrogens is 1. The lowest BCUT2D eigenvalue weighted by atomic mass is 10.1. The molecule has 0 aliphatic heterocycles. The molecule has 0 unspecified atom stereocenters. The van der Waals surface area contributed by atoms with Crippen LogP contribution in [-0.2, 0) is 16.0 Å². The van der Waals surface area contributed by atoms with Gasteiger partial charge in [0.05, 0.1) is 12.6 Å². The molecule has 1 N–H and O–H groups in total. The molecule has 0 bridgehead atoms. The van der Waals surface area contributed by atoms with Gasteiger partial charge in [-0.05, 0) is 24.7 Å². The third kappa shape index (κ3) is 5.61. The maximum Gasteiger partial charge on any atom is 0.344 e. The molecule has 20 heavy (non-hydrogen) atoms. The largest absolute Gasteiger partial charge is 0.449 e. The van der Waals surface area contributed by atoms with E-state index in [4.69, 9.17) is 9.26 Å². The zero-order chi connectivity index (χ0) is 15.2. The van der Waals surface area contributed by atoms with E-state index in [0.29, 0.717) is 0 Å². The molecule has 0 aromatic carbocycles. The van der Waals surface area contributed by atoms with Gasteiger partial charge in [-0.15, -0.1) is 0 Å². The number of nitrogens with one attached hydrogen (secondary N) is 1. The van der Waals surface area contributed by atoms with Crippen molar-refractivity contribution in [2.45, 2.75) is 32.7 Å². The quantitative estimate of drug-likeness (QED) is 0.481. The van der Waals surface area contributed by atoms with Gasteiger partial charge in [-0.3, -0.25) is 4.79 Å². The average Bonchev–Trinajstić information content (AvgIpc) is 2.74. The number of amides is 1. The second-order valence-electron chi connectivity index (χ2n) is 4.99. The van der Waals surface area contributed by atoms with E-state index in [1.165, 1.54) is 6.20 Å². The molecule has 0 fully saturated rings. The molecule has 0 aliphatic rings. The highest BCUT2D eigenvalue weighted by molar-refractivity contribution is 14.1. The van der Waals surface area contributed by atoms with E-state index in [2.05, 4.69) is 20.3 Å². The molecule has 1 amide bonds. The SMILES string of the molecule is CC(C)(C)NC(=O)Cc1oncc1C(=O)OCC#CI. The zero-order valence-corrected chi connectivity index (χ0v) is 13.6. The van der Waals surface area contributed by atoms with Crippen molar-refractivity contribution in [1.82, 2.24) is 10.5 Å². The highest BCUT2D eigenvalue weighted by atomic mass is 127. The summed E-state index contributed by atoms with van der Waals surface area (Å²) >= 11 is 1.85. The second-order valence-corrected chi connectivity index (χ2v) is 5.52. The molecule has 1 rings (SSSR count). The first-order valence-electron chi connectivity index (χ1n) is 5.83. The van der Waals surface area contributed by atoms with Gasteiger partial charge in [0, 0.05) is 28.1 Å². The summed E-state index contributed by atoms with van der Waals surface area (Å²) in [6, 6.07) is 0. The summed E-state index contributed by atoms with van der Waals surface area (Å²) in [7, 11) is 0. The molecule has 1 heterocycles. The molecule has 108 valence electrons. The molecule has 0 aliphatic carbocycles. The number of nitrogens with zero attached hydrogens (tertiary/aromatic N) is 1. The minimum absolute atomic E-state index is 0.0133. The Morgan fingerprint density at radius 2 is 2.20 bits per heavy atom. The van der Waals surface area contributed by atoms with Crippen molar-refractivity contribution in [1.29, 1.82) is 0 Å². The summed E-state index contributed by atoms with van der Waals surface area (Å²) in [4.78, 5) is 23.5. The first kappa shape index (κ1) is 16.5. The van der Waals surface area contributed by atoms with Crippen molar-refractivity contribution in [3.63, 3.8) is 0 Å². The normalized spacial score (nSPS) is 10.4. The lowest BCUT2D eigenvalue weighted by Gasteiger charge is -2.19. The zero-order valence-electron chi connectivity index (χ0n) is 11.4. The summed E-state index contributed by atoms with van der Waals surface area (Å²) in [6.45, 7) is 5.58. The van der Waals surface area contributed by atoms with Gasteiger partial charge in [-0.2, -0.15) is 0 Å². The van der Waals surface area contributed by atoms with Gasteiger partial charge in [-0.25, -0.2) is 4.79 Å². The predicted molar refractivity (Wildman–Crippen MR) is 80.2 cm³/mol. The molecule has 0 saturated carbocycles. The lowest BCUT2D eigenvalue weighted by molar-refractivity contribution is -0.122. The number of ether oxygens (including phenoxy) is 1. The van der Waals surface area contributed by atoms with Crippen LogP contribution in [0.3, 0.4) is 0 Å². The molecule has 6 nitrogen and oxygen atoms in total. The van der Waals surface area contributed by atoms with Crippen molar-refractivity contribution in [2.75, 3.05) is 6.61 Å². The number of hydrogen-bond donors (Lipinski definition) is 1. The predicted octanol–water partition coefficient (Wildman–Crippen LogP) is 1.68. The average molecular weight is 390 g/mol. The van der Waals surface area contributed by atoms with E-state index in [0.717, 1.165) is 0 Å². The van der Waals surface area contributed by atoms with Crippen LogP contribution < -0.4 is 5.32 Å². The van der Waals surface area contributed by atoms with Crippen LogP contribution in [0, 0.1) is 9.85 Å². The van der Waals surface area contributed by atoms with Crippen molar-refractivity contribution in [3.8, 4) is 9.85 Å². The van der Waals surface area contributed by atoms with Gasteiger partial charge in [0.2, 0.25) is 5.91 Å². The number of carbonyl (C=O) groups excluding carboxylic acids is 2. The van der Waals surface area contributed by atoms with Crippen LogP contribution in [-0.4, -0.2) is 29.2 Å². The Balaban J connectivity index is 2.68. The second kappa shape index (κ2) is 7.28. The highest BCUT2D eigenvalue weighted by Crippen LogP contribution is 2.11. The van der Waals surface area contributed by atoms with E-state index < -0.39 is 5.97 Å². The van der Waals surface area contributed by atoms with Gasteiger partial charge in [-0.1, -0.05) is 11.1 Å². The minimum atomic E-state index is -0.607. The monoisotopic (exact) mass is 390 g/mol. The summed E-state index contributed by atoms with van der Waals surface area (Å²) < 4.78 is 12.4. The van der Waals surface area contributed by atoms with Crippen LogP contribution in [0.1, 0.15) is 36.9 Å². The van der Waals surface area contributed by atoms with E-state index >= 15 is 0 Å². The molecule has 1 aromatic heterocycles. The minimum Gasteiger partial charge on any atom is -0.449 e. The Morgan fingerprint density at radius 1 is 1.50 bits per heavy atom. The van der Waals surface area contributed by atoms with Gasteiger partial charge in [0.15, 0.2) is 12.4 Å². The van der Waals surface area contributed by atoms with Gasteiger partial charge >= 0.3 is 5.97 Å². The number of esters is 1. The summed E-state index contributed by atoms with van der Waals surface area (Å²) in [5, 5.41) is 6.30. The maximum atomic E-state index is 11.8. The topological polar surface area (TPSA) is 81.4 Å². The fourth-order valence-electron chi connectivity index (χ4n) is 1.37. The Bertz CT molecular complexity index is 549. The third-order valence-corrected chi connectivity index (χ3v) is 2.42. The van der Waals surface area contributed by atoms with Crippen LogP contribution in [0.4, 0.5) is 0 Å². The van der Waals surface area contributed by atoms with E-state index in [-0.39, 0.29) is 35.8 Å². The van der Waals surface area contributed by atoms with Crippen molar-refractivity contribution >= 4 is 34.5 Å². The maximum absolute atomic E-state index is 11.8. The van der Waals surface area contributed by atoms with Crippen LogP contribution in [0.25, 0.3) is 0 Å². The fraction of sp³-hybridized carbons (Fsp3) is 0.462. The number of rotatable bonds is 4. The molecule has 0 spiro atoms. The first-order chi connectivity index (χ1) is 9.33. The van der Waals surface area contributed by atoms with Crippen molar-refractivity contribution in [2.24, 2.45) is 0 Å². The summed E-state index contributed by atoms with van der Waals surface area (Å²) in [5.41, 5.74) is -0.211. The standard InChI is InChI=1S/C13H15IN2O4/c1-13(2,3)16-11(17)7-10-9(8-15-20-10)12(18)19-6-4-5-14/h8H,6-7H2,1-3H3,(H,16,17). The Hall–Kier alpha value is -1.56. The summed E-state index contributed by atoms with van der Waals surface area (Å²) in [5.74, 6) is 1.91. The first-order valence-corrected chi connectivity index (χ1v) is 6.91. The van der Waals surface area contributed by atoms with Gasteiger partial charge in [0.25, 0.3) is 0 Å². The molecule has 1 aromatic rings. The van der Waals surface area contributed by atoms with E-state index in [1.807, 2.05) is 43.4 Å². The Kier molecular flexibility index (Phi) is 6.01. The van der Waals surface area contributed by atoms with Crippen LogP contribution in [0.2, 0.25) is 0 Å². The third-order valence-electron chi connectivity index (χ3n) is 2.04. The lowest BCUT2D eigenvalue weighted by Crippen LogP contribution is -2.41. The number of hydrogen-bond acceptors (Lipinski definition) is 5. The molecule has 7 heteroatoms. The molecule has 0 saturated heterocycles. The van der Waals surface area contributed by atoms with Crippen LogP contribution in [0.5, 0.6) is 0 Å². The Labute approximate surface area is 130 Å². The molecular weight excluding hydrogens is 375 g/mol. The smallest absolute Gasteiger partial charge is 0.344 e. The van der Waals surface area contributed by atoms with Crippen LogP contribution in [0.15, 0.2) is 10.7 Å².